The zero-order valence-corrected chi connectivity index (χ0v) is 22.8. The summed E-state index contributed by atoms with van der Waals surface area (Å²) in [4.78, 5) is 44.5. The van der Waals surface area contributed by atoms with Crippen LogP contribution in [-0.4, -0.2) is 31.3 Å². The molecule has 0 aromatic carbocycles. The summed E-state index contributed by atoms with van der Waals surface area (Å²) in [7, 11) is -5.26. The molecule has 0 N–H and O–H groups in total. The smallest absolute Gasteiger partial charge is 0.790 e. The fraction of sp³-hybridized carbons (Fsp3) is 0.579. The molecule has 0 saturated carbocycles. The standard InChI is InChI=1S/C19H25O8P.2Na/c1-3-5-7-9-11-13-18(20)25-15-17(16-26-28(22,23)24)27-19(21)14-12-10-8-6-4-2;;/h17H,4,6,8,10,12,14-16H2,1-2H3,(H2,22,23,24);;/q;2*+1/p-2/t17-;;/m0../s1. The van der Waals surface area contributed by atoms with Gasteiger partial charge >= 0.3 is 71.1 Å². The normalized spacial score (nSPS) is 10.1. The summed E-state index contributed by atoms with van der Waals surface area (Å²) in [5.74, 6) is 12.3. The van der Waals surface area contributed by atoms with Crippen molar-refractivity contribution < 1.29 is 97.1 Å². The number of carbonyl (C=O) groups excluding carboxylic acids is 2. The number of phosphoric acid groups is 1. The van der Waals surface area contributed by atoms with E-state index in [1.165, 1.54) is 0 Å². The Hall–Kier alpha value is -0.270. The van der Waals surface area contributed by atoms with Crippen molar-refractivity contribution in [1.29, 1.82) is 0 Å². The third kappa shape index (κ3) is 24.0. The topological polar surface area (TPSA) is 125 Å². The molecule has 154 valence electrons. The predicted molar refractivity (Wildman–Crippen MR) is 96.8 cm³/mol. The van der Waals surface area contributed by atoms with Gasteiger partial charge in [-0.2, -0.15) is 0 Å². The van der Waals surface area contributed by atoms with Crippen molar-refractivity contribution in [2.45, 2.75) is 58.5 Å². The van der Waals surface area contributed by atoms with Crippen LogP contribution in [0.15, 0.2) is 0 Å². The van der Waals surface area contributed by atoms with Gasteiger partial charge in [0.15, 0.2) is 6.10 Å². The van der Waals surface area contributed by atoms with Crippen molar-refractivity contribution in [2.24, 2.45) is 0 Å². The van der Waals surface area contributed by atoms with E-state index < -0.39 is 39.1 Å². The van der Waals surface area contributed by atoms with E-state index in [4.69, 9.17) is 9.47 Å². The van der Waals surface area contributed by atoms with Crippen LogP contribution in [0.3, 0.4) is 0 Å². The van der Waals surface area contributed by atoms with Crippen molar-refractivity contribution in [3.63, 3.8) is 0 Å². The van der Waals surface area contributed by atoms with Crippen LogP contribution in [0.2, 0.25) is 0 Å². The van der Waals surface area contributed by atoms with Gasteiger partial charge in [-0.3, -0.25) is 4.79 Å². The second-order valence-corrected chi connectivity index (χ2v) is 6.65. The minimum absolute atomic E-state index is 0. The minimum atomic E-state index is -5.26. The Morgan fingerprint density at radius 3 is 2.20 bits per heavy atom. The van der Waals surface area contributed by atoms with E-state index in [-0.39, 0.29) is 65.5 Å². The average molecular weight is 456 g/mol. The van der Waals surface area contributed by atoms with Crippen molar-refractivity contribution in [3.8, 4) is 35.5 Å². The van der Waals surface area contributed by atoms with Gasteiger partial charge in [0.25, 0.3) is 0 Å². The maximum atomic E-state index is 11.8. The van der Waals surface area contributed by atoms with Gasteiger partial charge in [-0.1, -0.05) is 38.5 Å². The molecule has 0 bridgehead atoms. The molecule has 0 radical (unpaired) electrons. The molecule has 0 heterocycles. The first-order chi connectivity index (χ1) is 13.3. The summed E-state index contributed by atoms with van der Waals surface area (Å²) in [6.45, 7) is 2.39. The SMILES string of the molecule is CC#CC#CC#CC(=O)OC[C@@H](COP(=O)([O-])[O-])OC(=O)CCCCCCC.[Na+].[Na+]. The summed E-state index contributed by atoms with van der Waals surface area (Å²) in [6.07, 6.45) is 3.47. The van der Waals surface area contributed by atoms with Gasteiger partial charge in [0, 0.05) is 12.3 Å². The summed E-state index contributed by atoms with van der Waals surface area (Å²) in [6, 6.07) is 0. The molecule has 11 heteroatoms. The summed E-state index contributed by atoms with van der Waals surface area (Å²) < 4.78 is 24.5. The monoisotopic (exact) mass is 456 g/mol. The van der Waals surface area contributed by atoms with Crippen LogP contribution in [0.25, 0.3) is 0 Å². The average Bonchev–Trinajstić information content (AvgIpc) is 2.63. The van der Waals surface area contributed by atoms with E-state index in [1.807, 2.05) is 0 Å². The maximum Gasteiger partial charge on any atom is 1.00 e. The van der Waals surface area contributed by atoms with Gasteiger partial charge < -0.3 is 28.3 Å². The van der Waals surface area contributed by atoms with Crippen molar-refractivity contribution in [2.75, 3.05) is 13.2 Å². The fourth-order valence-corrected chi connectivity index (χ4v) is 2.17. The van der Waals surface area contributed by atoms with Crippen LogP contribution in [0.1, 0.15) is 52.4 Å². The van der Waals surface area contributed by atoms with Gasteiger partial charge in [-0.25, -0.2) is 4.79 Å². The molecular formula is C19H23Na2O8P. The Morgan fingerprint density at radius 1 is 0.967 bits per heavy atom. The summed E-state index contributed by atoms with van der Waals surface area (Å²) in [5.41, 5.74) is 0. The van der Waals surface area contributed by atoms with Gasteiger partial charge in [0.05, 0.1) is 14.4 Å². The predicted octanol–water partition coefficient (Wildman–Crippen LogP) is -5.31. The summed E-state index contributed by atoms with van der Waals surface area (Å²) >= 11 is 0. The molecule has 0 unspecified atom stereocenters. The number of hydrogen-bond donors (Lipinski definition) is 0. The zero-order valence-electron chi connectivity index (χ0n) is 17.9. The van der Waals surface area contributed by atoms with Crippen molar-refractivity contribution in [1.82, 2.24) is 0 Å². The molecule has 0 aliphatic heterocycles. The number of phosphoric ester groups is 1. The number of ether oxygens (including phenoxy) is 2. The molecule has 30 heavy (non-hydrogen) atoms. The van der Waals surface area contributed by atoms with Crippen LogP contribution in [0, 0.1) is 35.5 Å². The first-order valence-electron chi connectivity index (χ1n) is 8.74. The first-order valence-corrected chi connectivity index (χ1v) is 10.2. The van der Waals surface area contributed by atoms with E-state index in [2.05, 4.69) is 47.0 Å². The molecule has 1 atom stereocenters. The molecule has 0 rings (SSSR count). The Labute approximate surface area is 222 Å². The molecule has 0 fully saturated rings. The Balaban J connectivity index is -0.00000364. The molecule has 0 aromatic heterocycles. The van der Waals surface area contributed by atoms with E-state index >= 15 is 0 Å². The van der Waals surface area contributed by atoms with Crippen molar-refractivity contribution >= 4 is 19.8 Å². The van der Waals surface area contributed by atoms with Gasteiger partial charge in [0.2, 0.25) is 0 Å². The minimum Gasteiger partial charge on any atom is -0.790 e. The number of unbranched alkanes of at least 4 members (excludes halogenated alkanes) is 4. The molecule has 0 aliphatic carbocycles. The van der Waals surface area contributed by atoms with E-state index in [1.54, 1.807) is 6.92 Å². The van der Waals surface area contributed by atoms with Crippen LogP contribution in [0.5, 0.6) is 0 Å². The van der Waals surface area contributed by atoms with Crippen LogP contribution in [-0.2, 0) is 28.2 Å². The number of esters is 2. The van der Waals surface area contributed by atoms with E-state index in [0.717, 1.165) is 25.7 Å². The number of carbonyl (C=O) groups is 2. The van der Waals surface area contributed by atoms with Crippen LogP contribution < -0.4 is 68.9 Å². The Kier molecular flexibility index (Phi) is 25.1. The summed E-state index contributed by atoms with van der Waals surface area (Å²) in [5, 5.41) is 0. The second kappa shape index (κ2) is 21.9. The zero-order chi connectivity index (χ0) is 21.3. The fourth-order valence-electron chi connectivity index (χ4n) is 1.82. The largest absolute Gasteiger partial charge is 1.00 e. The third-order valence-corrected chi connectivity index (χ3v) is 3.54. The van der Waals surface area contributed by atoms with Crippen molar-refractivity contribution in [3.05, 3.63) is 0 Å². The van der Waals surface area contributed by atoms with Gasteiger partial charge in [-0.15, -0.1) is 0 Å². The number of hydrogen-bond acceptors (Lipinski definition) is 8. The van der Waals surface area contributed by atoms with Gasteiger partial charge in [0.1, 0.15) is 6.61 Å². The molecule has 0 aliphatic rings. The Morgan fingerprint density at radius 2 is 1.60 bits per heavy atom. The Bertz CT molecular complexity index is 731. The quantitative estimate of drug-likeness (QED) is 0.0712. The van der Waals surface area contributed by atoms with E-state index in [0.29, 0.717) is 6.42 Å². The molecule has 0 aromatic rings. The third-order valence-electron chi connectivity index (χ3n) is 3.08. The molecule has 0 amide bonds. The molecule has 0 spiro atoms. The molecule has 8 nitrogen and oxygen atoms in total. The molecular weight excluding hydrogens is 433 g/mol. The van der Waals surface area contributed by atoms with Gasteiger partial charge in [-0.05, 0) is 37.0 Å². The van der Waals surface area contributed by atoms with E-state index in [9.17, 15) is 23.9 Å². The second-order valence-electron chi connectivity index (χ2n) is 5.49. The maximum absolute atomic E-state index is 11.8. The molecule has 0 saturated heterocycles. The van der Waals surface area contributed by atoms with Crippen LogP contribution >= 0.6 is 7.82 Å². The van der Waals surface area contributed by atoms with Crippen LogP contribution in [0.4, 0.5) is 0 Å². The number of rotatable bonds is 12. The first kappa shape index (κ1) is 34.3.